The number of carbonyl (C=O) groups is 1. The van der Waals surface area contributed by atoms with Gasteiger partial charge in [-0.15, -0.1) is 0 Å². The first-order valence-corrected chi connectivity index (χ1v) is 7.58. The molecule has 0 amide bonds. The molecule has 0 spiro atoms. The Morgan fingerprint density at radius 2 is 2.19 bits per heavy atom. The fraction of sp³-hybridized carbons (Fsp3) is 0.733. The second kappa shape index (κ2) is 7.04. The molecule has 1 aliphatic rings. The van der Waals surface area contributed by atoms with E-state index < -0.39 is 0 Å². The molecule has 6 nitrogen and oxygen atoms in total. The van der Waals surface area contributed by atoms with Crippen LogP contribution in [0.3, 0.4) is 0 Å². The lowest BCUT2D eigenvalue weighted by molar-refractivity contribution is 0.0798. The Balaban J connectivity index is 2.13. The van der Waals surface area contributed by atoms with Crippen LogP contribution in [0.4, 0.5) is 0 Å². The first-order valence-electron chi connectivity index (χ1n) is 7.58. The Bertz CT molecular complexity index is 486. The van der Waals surface area contributed by atoms with Crippen molar-refractivity contribution >= 4 is 5.78 Å². The van der Waals surface area contributed by atoms with Crippen LogP contribution in [0.5, 0.6) is 5.75 Å². The molecule has 0 bridgehead atoms. The molecule has 0 saturated carbocycles. The van der Waals surface area contributed by atoms with Crippen LogP contribution in [0.15, 0.2) is 6.20 Å². The molecule has 1 aromatic rings. The highest BCUT2D eigenvalue weighted by atomic mass is 16.5. The summed E-state index contributed by atoms with van der Waals surface area (Å²) in [4.78, 5) is 17.3. The largest absolute Gasteiger partial charge is 0.493 e. The first-order chi connectivity index (χ1) is 10.1. The summed E-state index contributed by atoms with van der Waals surface area (Å²) in [6, 6.07) is 0.255. The first kappa shape index (κ1) is 16.0. The van der Waals surface area contributed by atoms with E-state index in [2.05, 4.69) is 35.9 Å². The van der Waals surface area contributed by atoms with Crippen molar-refractivity contribution in [1.82, 2.24) is 19.6 Å². The van der Waals surface area contributed by atoms with Gasteiger partial charge in [-0.1, -0.05) is 6.92 Å². The number of ketones is 1. The zero-order chi connectivity index (χ0) is 15.4. The number of aryl methyl sites for hydroxylation is 1. The van der Waals surface area contributed by atoms with Gasteiger partial charge in [-0.2, -0.15) is 5.10 Å². The number of ether oxygens (including phenoxy) is 1. The molecule has 0 aromatic carbocycles. The van der Waals surface area contributed by atoms with Crippen LogP contribution >= 0.6 is 0 Å². The summed E-state index contributed by atoms with van der Waals surface area (Å²) in [5.74, 6) is 0.699. The van der Waals surface area contributed by atoms with E-state index in [4.69, 9.17) is 4.74 Å². The third-order valence-electron chi connectivity index (χ3n) is 4.13. The van der Waals surface area contributed by atoms with E-state index in [1.54, 1.807) is 18.0 Å². The van der Waals surface area contributed by atoms with Gasteiger partial charge in [-0.25, -0.2) is 0 Å². The normalized spacial score (nSPS) is 20.7. The van der Waals surface area contributed by atoms with Crippen molar-refractivity contribution in [3.63, 3.8) is 0 Å². The second-order valence-corrected chi connectivity index (χ2v) is 5.81. The van der Waals surface area contributed by atoms with Crippen molar-refractivity contribution in [1.29, 1.82) is 0 Å². The average molecular weight is 294 g/mol. The highest BCUT2D eigenvalue weighted by Crippen LogP contribution is 2.22. The van der Waals surface area contributed by atoms with Crippen molar-refractivity contribution in [3.8, 4) is 5.75 Å². The molecular weight excluding hydrogens is 268 g/mol. The predicted molar refractivity (Wildman–Crippen MR) is 81.9 cm³/mol. The summed E-state index contributed by atoms with van der Waals surface area (Å²) in [7, 11) is 5.78. The van der Waals surface area contributed by atoms with Gasteiger partial charge in [-0.05, 0) is 20.5 Å². The molecular formula is C15H26N4O2. The van der Waals surface area contributed by atoms with Gasteiger partial charge in [0.1, 0.15) is 5.69 Å². The number of hydrogen-bond acceptors (Lipinski definition) is 5. The lowest BCUT2D eigenvalue weighted by Crippen LogP contribution is -2.50. The van der Waals surface area contributed by atoms with Gasteiger partial charge in [0, 0.05) is 38.6 Å². The molecule has 6 heteroatoms. The van der Waals surface area contributed by atoms with Gasteiger partial charge in [0.25, 0.3) is 0 Å². The minimum Gasteiger partial charge on any atom is -0.493 e. The maximum atomic E-state index is 12.7. The summed E-state index contributed by atoms with van der Waals surface area (Å²) in [6.45, 7) is 5.79. The molecule has 1 fully saturated rings. The van der Waals surface area contributed by atoms with Gasteiger partial charge in [0.15, 0.2) is 11.5 Å². The van der Waals surface area contributed by atoms with E-state index in [0.717, 1.165) is 32.6 Å². The van der Waals surface area contributed by atoms with Crippen molar-refractivity contribution < 1.29 is 9.53 Å². The van der Waals surface area contributed by atoms with Crippen LogP contribution in [0.25, 0.3) is 0 Å². The maximum Gasteiger partial charge on any atom is 0.186 e. The van der Waals surface area contributed by atoms with Crippen LogP contribution < -0.4 is 4.74 Å². The zero-order valence-electron chi connectivity index (χ0n) is 13.5. The Kier molecular flexibility index (Phi) is 5.36. The van der Waals surface area contributed by atoms with Crippen molar-refractivity contribution in [2.75, 3.05) is 40.8 Å². The third kappa shape index (κ3) is 3.63. The van der Waals surface area contributed by atoms with Crippen molar-refractivity contribution in [3.05, 3.63) is 11.9 Å². The molecule has 0 radical (unpaired) electrons. The third-order valence-corrected chi connectivity index (χ3v) is 4.13. The molecule has 1 unspecified atom stereocenters. The number of methoxy groups -OCH3 is 1. The lowest BCUT2D eigenvalue weighted by atomic mass is 10.0. The molecule has 2 heterocycles. The van der Waals surface area contributed by atoms with Crippen molar-refractivity contribution in [2.24, 2.45) is 0 Å². The van der Waals surface area contributed by atoms with E-state index in [-0.39, 0.29) is 11.8 Å². The Morgan fingerprint density at radius 1 is 1.43 bits per heavy atom. The molecule has 1 aromatic heterocycles. The van der Waals surface area contributed by atoms with Gasteiger partial charge in [0.05, 0.1) is 13.3 Å². The molecule has 21 heavy (non-hydrogen) atoms. The molecule has 1 saturated heterocycles. The monoisotopic (exact) mass is 294 g/mol. The number of rotatable bonds is 6. The Labute approximate surface area is 126 Å². The van der Waals surface area contributed by atoms with E-state index in [1.165, 1.54) is 0 Å². The number of nitrogens with zero attached hydrogens (tertiary/aromatic N) is 4. The summed E-state index contributed by atoms with van der Waals surface area (Å²) in [6.07, 6.45) is 3.09. The minimum absolute atomic E-state index is 0.116. The Morgan fingerprint density at radius 3 is 2.86 bits per heavy atom. The van der Waals surface area contributed by atoms with Crippen LogP contribution in [0.2, 0.25) is 0 Å². The van der Waals surface area contributed by atoms with Gasteiger partial charge in [0.2, 0.25) is 0 Å². The van der Waals surface area contributed by atoms with E-state index in [1.807, 2.05) is 0 Å². The SMILES string of the molecule is CCCn1ncc(OC)c1C(=O)CC1CN(C)CCN1C. The highest BCUT2D eigenvalue weighted by Gasteiger charge is 2.28. The molecule has 1 aliphatic heterocycles. The fourth-order valence-electron chi connectivity index (χ4n) is 2.81. The molecule has 118 valence electrons. The van der Waals surface area contributed by atoms with Gasteiger partial charge in [-0.3, -0.25) is 9.48 Å². The number of likely N-dealkylation sites (N-methyl/N-ethyl adjacent to an activating group) is 2. The maximum absolute atomic E-state index is 12.7. The van der Waals surface area contributed by atoms with Crippen LogP contribution in [-0.4, -0.2) is 72.2 Å². The second-order valence-electron chi connectivity index (χ2n) is 5.81. The van der Waals surface area contributed by atoms with Gasteiger partial charge >= 0.3 is 0 Å². The fourth-order valence-corrected chi connectivity index (χ4v) is 2.81. The topological polar surface area (TPSA) is 50.6 Å². The quantitative estimate of drug-likeness (QED) is 0.736. The number of aromatic nitrogens is 2. The lowest BCUT2D eigenvalue weighted by Gasteiger charge is -2.37. The van der Waals surface area contributed by atoms with Crippen molar-refractivity contribution in [2.45, 2.75) is 32.4 Å². The van der Waals surface area contributed by atoms with Crippen LogP contribution in [0.1, 0.15) is 30.3 Å². The number of piperazine rings is 1. The summed E-state index contributed by atoms with van der Waals surface area (Å²) in [5, 5.41) is 4.27. The Hall–Kier alpha value is -1.40. The van der Waals surface area contributed by atoms with Crippen LogP contribution in [0, 0.1) is 0 Å². The van der Waals surface area contributed by atoms with Crippen LogP contribution in [-0.2, 0) is 6.54 Å². The van der Waals surface area contributed by atoms with Gasteiger partial charge < -0.3 is 14.5 Å². The number of carbonyl (C=O) groups excluding carboxylic acids is 1. The standard InChI is InChI=1S/C15H26N4O2/c1-5-6-19-15(14(21-4)10-16-19)13(20)9-12-11-17(2)7-8-18(12)3/h10,12H,5-9,11H2,1-4H3. The number of hydrogen-bond donors (Lipinski definition) is 0. The number of Topliss-reactive ketones (excluding diaryl/α,β-unsaturated/α-hetero) is 1. The van der Waals surface area contributed by atoms with E-state index in [9.17, 15) is 4.79 Å². The molecule has 0 aliphatic carbocycles. The minimum atomic E-state index is 0.116. The molecule has 1 atom stereocenters. The summed E-state index contributed by atoms with van der Waals surface area (Å²) >= 11 is 0. The zero-order valence-corrected chi connectivity index (χ0v) is 13.5. The molecule has 2 rings (SSSR count). The summed E-state index contributed by atoms with van der Waals surface area (Å²) < 4.78 is 7.07. The smallest absolute Gasteiger partial charge is 0.186 e. The predicted octanol–water partition coefficient (Wildman–Crippen LogP) is 1.12. The van der Waals surface area contributed by atoms with E-state index in [0.29, 0.717) is 17.9 Å². The summed E-state index contributed by atoms with van der Waals surface area (Å²) in [5.41, 5.74) is 0.612. The highest BCUT2D eigenvalue weighted by molar-refractivity contribution is 5.97. The average Bonchev–Trinajstić information content (AvgIpc) is 2.86. The molecule has 0 N–H and O–H groups in total. The van der Waals surface area contributed by atoms with E-state index >= 15 is 0 Å².